The standard InChI is InChI=1S/C14H22N4O3S/c1-14(9-15)5-6-18(10-14)8-13(19)17-11-3-2-4-12(7-11)22(16,20)21/h2-4,7H,5-6,8-10,15H2,1H3,(H,17,19)(H2,16,20,21). The van der Waals surface area contributed by atoms with E-state index in [1.54, 1.807) is 6.07 Å². The van der Waals surface area contributed by atoms with E-state index < -0.39 is 10.0 Å². The normalized spacial score (nSPS) is 22.7. The van der Waals surface area contributed by atoms with Crippen molar-refractivity contribution in [3.8, 4) is 0 Å². The van der Waals surface area contributed by atoms with Gasteiger partial charge in [0.15, 0.2) is 0 Å². The predicted octanol–water partition coefficient (Wildman–Crippen LogP) is -0.0568. The molecule has 0 spiro atoms. The Morgan fingerprint density at radius 2 is 2.18 bits per heavy atom. The molecule has 8 heteroatoms. The number of nitrogens with two attached hydrogens (primary N) is 2. The van der Waals surface area contributed by atoms with Crippen molar-refractivity contribution in [2.24, 2.45) is 16.3 Å². The summed E-state index contributed by atoms with van der Waals surface area (Å²) in [6.45, 7) is 4.59. The van der Waals surface area contributed by atoms with E-state index in [-0.39, 0.29) is 22.8 Å². The topological polar surface area (TPSA) is 119 Å². The minimum atomic E-state index is -3.78. The van der Waals surface area contributed by atoms with Gasteiger partial charge in [-0.15, -0.1) is 0 Å². The molecule has 1 fully saturated rings. The summed E-state index contributed by atoms with van der Waals surface area (Å²) < 4.78 is 22.6. The lowest BCUT2D eigenvalue weighted by molar-refractivity contribution is -0.117. The zero-order valence-electron chi connectivity index (χ0n) is 12.6. The Kier molecular flexibility index (Phi) is 4.86. The highest BCUT2D eigenvalue weighted by Gasteiger charge is 2.33. The fourth-order valence-electron chi connectivity index (χ4n) is 2.58. The molecule has 1 heterocycles. The van der Waals surface area contributed by atoms with Crippen LogP contribution in [0, 0.1) is 5.41 Å². The average molecular weight is 326 g/mol. The second-order valence-corrected chi connectivity index (χ2v) is 7.66. The van der Waals surface area contributed by atoms with Gasteiger partial charge in [0.2, 0.25) is 15.9 Å². The van der Waals surface area contributed by atoms with Crippen LogP contribution < -0.4 is 16.2 Å². The molecule has 1 saturated heterocycles. The number of hydrogen-bond donors (Lipinski definition) is 3. The van der Waals surface area contributed by atoms with Crippen molar-refractivity contribution in [2.75, 3.05) is 31.5 Å². The largest absolute Gasteiger partial charge is 0.330 e. The second-order valence-electron chi connectivity index (χ2n) is 6.10. The Labute approximate surface area is 130 Å². The summed E-state index contributed by atoms with van der Waals surface area (Å²) in [6.07, 6.45) is 0.970. The quantitative estimate of drug-likeness (QED) is 0.700. The van der Waals surface area contributed by atoms with Gasteiger partial charge in [0, 0.05) is 12.2 Å². The van der Waals surface area contributed by atoms with E-state index in [1.807, 2.05) is 4.90 Å². The Hall–Kier alpha value is -1.48. The summed E-state index contributed by atoms with van der Waals surface area (Å²) >= 11 is 0. The zero-order valence-corrected chi connectivity index (χ0v) is 13.4. The highest BCUT2D eigenvalue weighted by molar-refractivity contribution is 7.89. The van der Waals surface area contributed by atoms with Crippen LogP contribution in [0.1, 0.15) is 13.3 Å². The fraction of sp³-hybridized carbons (Fsp3) is 0.500. The van der Waals surface area contributed by atoms with Crippen LogP contribution in [-0.2, 0) is 14.8 Å². The summed E-state index contributed by atoms with van der Waals surface area (Å²) in [5, 5.41) is 7.77. The van der Waals surface area contributed by atoms with Gasteiger partial charge in [-0.1, -0.05) is 13.0 Å². The first-order chi connectivity index (χ1) is 10.2. The van der Waals surface area contributed by atoms with E-state index in [1.165, 1.54) is 18.2 Å². The van der Waals surface area contributed by atoms with Crippen LogP contribution in [0.4, 0.5) is 5.69 Å². The molecule has 1 amide bonds. The second kappa shape index (κ2) is 6.33. The van der Waals surface area contributed by atoms with Crippen LogP contribution in [-0.4, -0.2) is 45.4 Å². The first-order valence-corrected chi connectivity index (χ1v) is 8.62. The molecule has 7 nitrogen and oxygen atoms in total. The number of primary sulfonamides is 1. The first kappa shape index (κ1) is 16.9. The Morgan fingerprint density at radius 1 is 1.45 bits per heavy atom. The molecule has 1 aromatic carbocycles. The number of sulfonamides is 1. The molecular weight excluding hydrogens is 304 g/mol. The number of carbonyl (C=O) groups excluding carboxylic acids is 1. The molecular formula is C14H22N4O3S. The van der Waals surface area contributed by atoms with Gasteiger partial charge in [0.05, 0.1) is 11.4 Å². The molecule has 1 aromatic rings. The average Bonchev–Trinajstić information content (AvgIpc) is 2.80. The molecule has 1 unspecified atom stereocenters. The van der Waals surface area contributed by atoms with Gasteiger partial charge in [0.25, 0.3) is 0 Å². The number of likely N-dealkylation sites (tertiary alicyclic amines) is 1. The molecule has 0 saturated carbocycles. The lowest BCUT2D eigenvalue weighted by Gasteiger charge is -2.22. The summed E-state index contributed by atoms with van der Waals surface area (Å²) in [5.41, 5.74) is 6.22. The van der Waals surface area contributed by atoms with Gasteiger partial charge in [-0.2, -0.15) is 0 Å². The van der Waals surface area contributed by atoms with Crippen LogP contribution >= 0.6 is 0 Å². The van der Waals surface area contributed by atoms with Crippen LogP contribution in [0.2, 0.25) is 0 Å². The number of anilines is 1. The van der Waals surface area contributed by atoms with Gasteiger partial charge in [0.1, 0.15) is 0 Å². The number of amides is 1. The van der Waals surface area contributed by atoms with Crippen LogP contribution in [0.25, 0.3) is 0 Å². The van der Waals surface area contributed by atoms with Crippen molar-refractivity contribution in [2.45, 2.75) is 18.2 Å². The molecule has 5 N–H and O–H groups in total. The maximum Gasteiger partial charge on any atom is 0.238 e. The molecule has 1 atom stereocenters. The summed E-state index contributed by atoms with van der Waals surface area (Å²) in [4.78, 5) is 14.1. The molecule has 1 aliphatic heterocycles. The van der Waals surface area contributed by atoms with Gasteiger partial charge >= 0.3 is 0 Å². The van der Waals surface area contributed by atoms with E-state index >= 15 is 0 Å². The van der Waals surface area contributed by atoms with Crippen LogP contribution in [0.3, 0.4) is 0 Å². The third kappa shape index (κ3) is 4.26. The Bertz CT molecular complexity index is 662. The SMILES string of the molecule is CC1(CN)CCN(CC(=O)Nc2cccc(S(N)(=O)=O)c2)C1. The summed E-state index contributed by atoms with van der Waals surface area (Å²) in [5.74, 6) is -0.187. The Balaban J connectivity index is 1.96. The number of rotatable bonds is 5. The number of carbonyl (C=O) groups is 1. The van der Waals surface area contributed by atoms with Crippen LogP contribution in [0.5, 0.6) is 0 Å². The Morgan fingerprint density at radius 3 is 2.77 bits per heavy atom. The van der Waals surface area contributed by atoms with Gasteiger partial charge < -0.3 is 11.1 Å². The third-order valence-electron chi connectivity index (χ3n) is 3.94. The summed E-state index contributed by atoms with van der Waals surface area (Å²) in [7, 11) is -3.78. The lowest BCUT2D eigenvalue weighted by atomic mass is 9.90. The van der Waals surface area contributed by atoms with E-state index in [4.69, 9.17) is 10.9 Å². The van der Waals surface area contributed by atoms with Crippen molar-refractivity contribution >= 4 is 21.6 Å². The molecule has 1 aliphatic rings. The van der Waals surface area contributed by atoms with Crippen molar-refractivity contribution in [3.63, 3.8) is 0 Å². The number of hydrogen-bond acceptors (Lipinski definition) is 5. The minimum absolute atomic E-state index is 0.0258. The third-order valence-corrected chi connectivity index (χ3v) is 4.85. The zero-order chi connectivity index (χ0) is 16.4. The maximum absolute atomic E-state index is 12.1. The molecule has 0 bridgehead atoms. The minimum Gasteiger partial charge on any atom is -0.330 e. The molecule has 2 rings (SSSR count). The van der Waals surface area contributed by atoms with Crippen molar-refractivity contribution in [1.82, 2.24) is 4.90 Å². The molecule has 22 heavy (non-hydrogen) atoms. The van der Waals surface area contributed by atoms with Crippen molar-refractivity contribution in [3.05, 3.63) is 24.3 Å². The molecule has 0 aliphatic carbocycles. The number of nitrogens with zero attached hydrogens (tertiary/aromatic N) is 1. The van der Waals surface area contributed by atoms with E-state index in [2.05, 4.69) is 12.2 Å². The predicted molar refractivity (Wildman–Crippen MR) is 84.7 cm³/mol. The van der Waals surface area contributed by atoms with E-state index in [0.717, 1.165) is 19.5 Å². The number of benzene rings is 1. The van der Waals surface area contributed by atoms with Gasteiger partial charge in [-0.25, -0.2) is 13.6 Å². The summed E-state index contributed by atoms with van der Waals surface area (Å²) in [6, 6.07) is 5.90. The highest BCUT2D eigenvalue weighted by atomic mass is 32.2. The number of nitrogens with one attached hydrogen (secondary N) is 1. The van der Waals surface area contributed by atoms with E-state index in [0.29, 0.717) is 12.2 Å². The van der Waals surface area contributed by atoms with Crippen LogP contribution in [0.15, 0.2) is 29.2 Å². The maximum atomic E-state index is 12.1. The van der Waals surface area contributed by atoms with Gasteiger partial charge in [-0.05, 0) is 43.1 Å². The van der Waals surface area contributed by atoms with Crippen molar-refractivity contribution < 1.29 is 13.2 Å². The fourth-order valence-corrected chi connectivity index (χ4v) is 3.14. The molecule has 0 aromatic heterocycles. The van der Waals surface area contributed by atoms with Crippen molar-refractivity contribution in [1.29, 1.82) is 0 Å². The smallest absolute Gasteiger partial charge is 0.238 e. The monoisotopic (exact) mass is 326 g/mol. The van der Waals surface area contributed by atoms with E-state index in [9.17, 15) is 13.2 Å². The lowest BCUT2D eigenvalue weighted by Crippen LogP contribution is -2.35. The van der Waals surface area contributed by atoms with Gasteiger partial charge in [-0.3, -0.25) is 9.69 Å². The molecule has 0 radical (unpaired) electrons. The first-order valence-electron chi connectivity index (χ1n) is 7.07. The highest BCUT2D eigenvalue weighted by Crippen LogP contribution is 2.28. The molecule has 122 valence electrons.